The Bertz CT molecular complexity index is 304. The first-order valence-electron chi connectivity index (χ1n) is 3.28. The first-order chi connectivity index (χ1) is 5.61. The van der Waals surface area contributed by atoms with Crippen molar-refractivity contribution in [1.29, 1.82) is 0 Å². The Labute approximate surface area is 69.0 Å². The lowest BCUT2D eigenvalue weighted by Gasteiger charge is -1.93. The van der Waals surface area contributed by atoms with Gasteiger partial charge in [0.1, 0.15) is 0 Å². The van der Waals surface area contributed by atoms with Gasteiger partial charge in [-0.1, -0.05) is 0 Å². The number of hydrogen-bond acceptors (Lipinski definition) is 3. The molecule has 0 saturated carbocycles. The minimum atomic E-state index is -0.541. The summed E-state index contributed by atoms with van der Waals surface area (Å²) in [5, 5.41) is 10.3. The van der Waals surface area contributed by atoms with E-state index in [2.05, 4.69) is 6.07 Å². The van der Waals surface area contributed by atoms with E-state index in [1.54, 1.807) is 0 Å². The molecule has 0 aliphatic heterocycles. The summed E-state index contributed by atoms with van der Waals surface area (Å²) in [6.07, 6.45) is 0. The zero-order valence-electron chi connectivity index (χ0n) is 6.40. The average molecular weight is 164 g/mol. The van der Waals surface area contributed by atoms with E-state index in [-0.39, 0.29) is 17.0 Å². The van der Waals surface area contributed by atoms with Crippen molar-refractivity contribution in [3.63, 3.8) is 0 Å². The van der Waals surface area contributed by atoms with E-state index in [0.717, 1.165) is 0 Å². The Morgan fingerprint density at radius 1 is 1.67 bits per heavy atom. The van der Waals surface area contributed by atoms with Gasteiger partial charge in [0.05, 0.1) is 4.92 Å². The maximum Gasteiger partial charge on any atom is 0.270 e. The summed E-state index contributed by atoms with van der Waals surface area (Å²) in [5.74, 6) is -0.223. The van der Waals surface area contributed by atoms with Crippen molar-refractivity contribution in [1.82, 2.24) is 0 Å². The summed E-state index contributed by atoms with van der Waals surface area (Å²) >= 11 is 0. The van der Waals surface area contributed by atoms with Gasteiger partial charge in [-0.15, -0.1) is 0 Å². The van der Waals surface area contributed by atoms with E-state index < -0.39 is 4.92 Å². The van der Waals surface area contributed by atoms with E-state index in [4.69, 9.17) is 0 Å². The van der Waals surface area contributed by atoms with Crippen molar-refractivity contribution < 1.29 is 9.72 Å². The lowest BCUT2D eigenvalue weighted by Crippen LogP contribution is -1.94. The van der Waals surface area contributed by atoms with E-state index >= 15 is 0 Å². The summed E-state index contributed by atoms with van der Waals surface area (Å²) in [5.41, 5.74) is 0.156. The molecule has 12 heavy (non-hydrogen) atoms. The third-order valence-corrected chi connectivity index (χ3v) is 1.38. The van der Waals surface area contributed by atoms with E-state index in [1.165, 1.54) is 25.1 Å². The molecular weight excluding hydrogens is 158 g/mol. The molecule has 1 aromatic rings. The van der Waals surface area contributed by atoms with Crippen LogP contribution in [-0.2, 0) is 0 Å². The molecule has 4 heteroatoms. The first kappa shape index (κ1) is 8.39. The Balaban J connectivity index is 3.12. The quantitative estimate of drug-likeness (QED) is 0.379. The second-order valence-electron chi connectivity index (χ2n) is 2.27. The van der Waals surface area contributed by atoms with Crippen molar-refractivity contribution >= 4 is 11.5 Å². The van der Waals surface area contributed by atoms with Crippen molar-refractivity contribution in [2.45, 2.75) is 6.92 Å². The number of ketones is 1. The van der Waals surface area contributed by atoms with Gasteiger partial charge in [0, 0.05) is 17.7 Å². The molecule has 0 spiro atoms. The third kappa shape index (κ3) is 1.66. The summed E-state index contributed by atoms with van der Waals surface area (Å²) in [7, 11) is 0. The maximum absolute atomic E-state index is 10.8. The van der Waals surface area contributed by atoms with E-state index in [1.807, 2.05) is 0 Å². The maximum atomic E-state index is 10.8. The molecule has 0 aliphatic rings. The summed E-state index contributed by atoms with van der Waals surface area (Å²) in [6, 6.07) is 6.49. The molecule has 1 aromatic carbocycles. The minimum absolute atomic E-state index is 0.0843. The van der Waals surface area contributed by atoms with Crippen LogP contribution in [0.2, 0.25) is 0 Å². The molecule has 0 heterocycles. The zero-order chi connectivity index (χ0) is 9.14. The number of rotatable bonds is 2. The van der Waals surface area contributed by atoms with Crippen molar-refractivity contribution in [3.05, 3.63) is 39.9 Å². The number of nitrogens with zero attached hydrogens (tertiary/aromatic N) is 1. The summed E-state index contributed by atoms with van der Waals surface area (Å²) in [4.78, 5) is 20.5. The van der Waals surface area contributed by atoms with Gasteiger partial charge in [0.15, 0.2) is 5.78 Å². The predicted molar refractivity (Wildman–Crippen MR) is 41.9 cm³/mol. The lowest BCUT2D eigenvalue weighted by molar-refractivity contribution is -0.384. The Hall–Kier alpha value is -1.71. The molecule has 0 saturated heterocycles. The SMILES string of the molecule is CC(=O)c1[c]ccc([N+](=O)[O-])c1. The highest BCUT2D eigenvalue weighted by molar-refractivity contribution is 5.94. The second-order valence-corrected chi connectivity index (χ2v) is 2.27. The van der Waals surface area contributed by atoms with Crippen LogP contribution < -0.4 is 0 Å². The monoisotopic (exact) mass is 164 g/mol. The van der Waals surface area contributed by atoms with Gasteiger partial charge in [-0.05, 0) is 19.1 Å². The van der Waals surface area contributed by atoms with Crippen LogP contribution in [0.3, 0.4) is 0 Å². The molecule has 0 amide bonds. The number of non-ortho nitro benzene ring substituents is 1. The molecule has 0 N–H and O–H groups in total. The van der Waals surface area contributed by atoms with Crippen LogP contribution in [0.15, 0.2) is 18.2 Å². The normalized spacial score (nSPS) is 9.42. The van der Waals surface area contributed by atoms with Crippen LogP contribution in [0, 0.1) is 16.2 Å². The Morgan fingerprint density at radius 2 is 2.33 bits per heavy atom. The molecule has 1 radical (unpaired) electrons. The minimum Gasteiger partial charge on any atom is -0.294 e. The number of nitro benzene ring substituents is 1. The van der Waals surface area contributed by atoms with Crippen LogP contribution in [-0.4, -0.2) is 10.7 Å². The molecule has 1 rings (SSSR count). The number of carbonyl (C=O) groups is 1. The Kier molecular flexibility index (Phi) is 2.19. The van der Waals surface area contributed by atoms with Crippen LogP contribution in [0.5, 0.6) is 0 Å². The van der Waals surface area contributed by atoms with Crippen LogP contribution in [0.1, 0.15) is 17.3 Å². The van der Waals surface area contributed by atoms with Crippen molar-refractivity contribution in [3.8, 4) is 0 Å². The Morgan fingerprint density at radius 3 is 2.83 bits per heavy atom. The zero-order valence-corrected chi connectivity index (χ0v) is 6.40. The number of hydrogen-bond donors (Lipinski definition) is 0. The first-order valence-corrected chi connectivity index (χ1v) is 3.28. The molecule has 61 valence electrons. The number of nitro groups is 1. The summed E-state index contributed by atoms with van der Waals surface area (Å²) < 4.78 is 0. The molecule has 4 nitrogen and oxygen atoms in total. The number of benzene rings is 1. The highest BCUT2D eigenvalue weighted by atomic mass is 16.6. The van der Waals surface area contributed by atoms with Gasteiger partial charge in [-0.2, -0.15) is 0 Å². The van der Waals surface area contributed by atoms with Crippen LogP contribution >= 0.6 is 0 Å². The van der Waals surface area contributed by atoms with Crippen molar-refractivity contribution in [2.24, 2.45) is 0 Å². The van der Waals surface area contributed by atoms with Crippen LogP contribution in [0.25, 0.3) is 0 Å². The van der Waals surface area contributed by atoms with Crippen molar-refractivity contribution in [2.75, 3.05) is 0 Å². The highest BCUT2D eigenvalue weighted by Crippen LogP contribution is 2.12. The van der Waals surface area contributed by atoms with Gasteiger partial charge in [0.2, 0.25) is 0 Å². The van der Waals surface area contributed by atoms with E-state index in [0.29, 0.717) is 0 Å². The molecule has 0 atom stereocenters. The van der Waals surface area contributed by atoms with E-state index in [9.17, 15) is 14.9 Å². The lowest BCUT2D eigenvalue weighted by atomic mass is 10.1. The molecule has 0 bridgehead atoms. The van der Waals surface area contributed by atoms with Gasteiger partial charge >= 0.3 is 0 Å². The number of Topliss-reactive ketones (excluding diaryl/α,β-unsaturated/α-hetero) is 1. The van der Waals surface area contributed by atoms with Gasteiger partial charge < -0.3 is 0 Å². The topological polar surface area (TPSA) is 60.2 Å². The largest absolute Gasteiger partial charge is 0.294 e. The standard InChI is InChI=1S/C8H6NO3/c1-6(10)7-3-2-4-8(5-7)9(11)12/h2,4-5H,1H3. The smallest absolute Gasteiger partial charge is 0.270 e. The predicted octanol–water partition coefficient (Wildman–Crippen LogP) is 1.60. The molecule has 0 fully saturated rings. The fraction of sp³-hybridized carbons (Fsp3) is 0.125. The van der Waals surface area contributed by atoms with Gasteiger partial charge in [-0.3, -0.25) is 14.9 Å². The fourth-order valence-electron chi connectivity index (χ4n) is 0.771. The van der Waals surface area contributed by atoms with Crippen LogP contribution in [0.4, 0.5) is 5.69 Å². The fourth-order valence-corrected chi connectivity index (χ4v) is 0.771. The second kappa shape index (κ2) is 3.13. The van der Waals surface area contributed by atoms with Gasteiger partial charge in [-0.25, -0.2) is 0 Å². The molecule has 0 aliphatic carbocycles. The summed E-state index contributed by atoms with van der Waals surface area (Å²) in [6.45, 7) is 1.34. The highest BCUT2D eigenvalue weighted by Gasteiger charge is 2.07. The van der Waals surface area contributed by atoms with Gasteiger partial charge in [0.25, 0.3) is 5.69 Å². The third-order valence-electron chi connectivity index (χ3n) is 1.38. The average Bonchev–Trinajstić information content (AvgIpc) is 2.04. The number of carbonyl (C=O) groups excluding carboxylic acids is 1. The molecule has 0 unspecified atom stereocenters. The molecule has 0 aromatic heterocycles. The molecular formula is C8H6NO3.